The molecule has 3 N–H and O–H groups in total. The lowest BCUT2D eigenvalue weighted by atomic mass is 10.0. The Morgan fingerprint density at radius 3 is 2.56 bits per heavy atom. The van der Waals surface area contributed by atoms with Crippen molar-refractivity contribution in [2.45, 2.75) is 18.6 Å². The number of benzene rings is 2. The second-order valence-electron chi connectivity index (χ2n) is 8.49. The van der Waals surface area contributed by atoms with E-state index in [1.165, 1.54) is 5.69 Å². The number of nitrogens with zero attached hydrogens (tertiary/aromatic N) is 3. The number of piperazine rings is 1. The molecule has 0 bridgehead atoms. The second kappa shape index (κ2) is 9.47. The highest BCUT2D eigenvalue weighted by molar-refractivity contribution is 6.33. The van der Waals surface area contributed by atoms with Crippen LogP contribution in [0.5, 0.6) is 0 Å². The first-order valence-corrected chi connectivity index (χ1v) is 11.3. The van der Waals surface area contributed by atoms with Gasteiger partial charge in [-0.3, -0.25) is 9.28 Å². The predicted molar refractivity (Wildman–Crippen MR) is 128 cm³/mol. The maximum absolute atomic E-state index is 12.4. The topological polar surface area (TPSA) is 91.4 Å². The summed E-state index contributed by atoms with van der Waals surface area (Å²) in [5.41, 5.74) is 9.74. The monoisotopic (exact) mass is 454 g/mol. The van der Waals surface area contributed by atoms with E-state index in [0.29, 0.717) is 18.0 Å². The van der Waals surface area contributed by atoms with Crippen LogP contribution < -0.4 is 20.4 Å². The molecule has 1 amide bonds. The number of amides is 1. The molecule has 2 fully saturated rings. The lowest BCUT2D eigenvalue weighted by Gasteiger charge is -2.36. The van der Waals surface area contributed by atoms with E-state index >= 15 is 0 Å². The lowest BCUT2D eigenvalue weighted by molar-refractivity contribution is -0.121. The zero-order valence-electron chi connectivity index (χ0n) is 18.3. The van der Waals surface area contributed by atoms with Crippen LogP contribution in [0.3, 0.4) is 0 Å². The largest absolute Gasteiger partial charge is 0.375 e. The molecule has 168 valence electrons. The third-order valence-electron chi connectivity index (χ3n) is 6.74. The zero-order chi connectivity index (χ0) is 22.7. The van der Waals surface area contributed by atoms with Crippen molar-refractivity contribution in [2.75, 3.05) is 51.3 Å². The average molecular weight is 455 g/mol. The van der Waals surface area contributed by atoms with Crippen molar-refractivity contribution >= 4 is 28.9 Å². The molecule has 0 saturated carbocycles. The van der Waals surface area contributed by atoms with E-state index in [0.717, 1.165) is 43.0 Å². The van der Waals surface area contributed by atoms with Crippen LogP contribution in [0.4, 0.5) is 11.4 Å². The molecule has 2 aliphatic rings. The van der Waals surface area contributed by atoms with Crippen LogP contribution in [0, 0.1) is 11.3 Å². The first kappa shape index (κ1) is 22.6. The Bertz CT molecular complexity index is 1020. The van der Waals surface area contributed by atoms with Gasteiger partial charge in [0.1, 0.15) is 23.7 Å². The number of nitriles is 1. The molecule has 2 aromatic carbocycles. The van der Waals surface area contributed by atoms with E-state index in [1.807, 2.05) is 18.2 Å². The van der Waals surface area contributed by atoms with E-state index < -0.39 is 11.9 Å². The number of rotatable bonds is 6. The van der Waals surface area contributed by atoms with Crippen LogP contribution in [-0.2, 0) is 9.53 Å². The number of halogens is 1. The van der Waals surface area contributed by atoms with E-state index in [-0.39, 0.29) is 17.1 Å². The van der Waals surface area contributed by atoms with Gasteiger partial charge in [0.05, 0.1) is 0 Å². The Kier molecular flexibility index (Phi) is 6.68. The van der Waals surface area contributed by atoms with Gasteiger partial charge in [0.15, 0.2) is 18.3 Å². The molecular formula is C24H29ClN5O2+. The van der Waals surface area contributed by atoms with Crippen LogP contribution in [0.1, 0.15) is 6.42 Å². The summed E-state index contributed by atoms with van der Waals surface area (Å²) in [5.74, 6) is -0.443. The van der Waals surface area contributed by atoms with Gasteiger partial charge in [0.25, 0.3) is 5.91 Å². The van der Waals surface area contributed by atoms with Crippen LogP contribution >= 0.6 is 11.6 Å². The Morgan fingerprint density at radius 1 is 1.25 bits per heavy atom. The minimum atomic E-state index is -0.567. The van der Waals surface area contributed by atoms with Gasteiger partial charge in [-0.15, -0.1) is 0 Å². The number of nitrogens with one attached hydrogen (secondary N) is 1. The van der Waals surface area contributed by atoms with Crippen LogP contribution in [0.15, 0.2) is 42.5 Å². The zero-order valence-corrected chi connectivity index (χ0v) is 19.0. The summed E-state index contributed by atoms with van der Waals surface area (Å²) in [5, 5.41) is 13.5. The van der Waals surface area contributed by atoms with Gasteiger partial charge in [0, 0.05) is 51.5 Å². The van der Waals surface area contributed by atoms with Crippen LogP contribution in [0.25, 0.3) is 11.1 Å². The van der Waals surface area contributed by atoms with Crippen molar-refractivity contribution in [3.05, 3.63) is 47.5 Å². The third kappa shape index (κ3) is 4.19. The Morgan fingerprint density at radius 2 is 1.94 bits per heavy atom. The highest BCUT2D eigenvalue weighted by Crippen LogP contribution is 2.42. The second-order valence-corrected chi connectivity index (χ2v) is 8.90. The molecule has 2 heterocycles. The highest BCUT2D eigenvalue weighted by Gasteiger charge is 2.52. The molecule has 2 aromatic rings. The van der Waals surface area contributed by atoms with Gasteiger partial charge in [-0.05, 0) is 29.3 Å². The fourth-order valence-corrected chi connectivity index (χ4v) is 5.31. The quantitative estimate of drug-likeness (QED) is 0.517. The molecule has 7 nitrogen and oxygen atoms in total. The summed E-state index contributed by atoms with van der Waals surface area (Å²) >= 11 is 6.65. The van der Waals surface area contributed by atoms with Crippen molar-refractivity contribution in [1.29, 1.82) is 5.26 Å². The smallest absolute Gasteiger partial charge is 0.276 e. The number of hydrogen-bond acceptors (Lipinski definition) is 5. The van der Waals surface area contributed by atoms with Crippen LogP contribution in [0.2, 0.25) is 5.02 Å². The fraction of sp³-hybridized carbons (Fsp3) is 0.417. The number of anilines is 1. The molecule has 0 aromatic heterocycles. The van der Waals surface area contributed by atoms with E-state index in [2.05, 4.69) is 40.6 Å². The maximum Gasteiger partial charge on any atom is 0.276 e. The highest BCUT2D eigenvalue weighted by atomic mass is 35.5. The number of likely N-dealkylation sites (tertiary alicyclic amines) is 1. The number of primary amides is 1. The first-order valence-electron chi connectivity index (χ1n) is 10.9. The molecule has 8 heteroatoms. The maximum atomic E-state index is 12.4. The number of carbonyl (C=O) groups is 1. The molecule has 3 atom stereocenters. The Balaban J connectivity index is 1.71. The molecule has 0 spiro atoms. The summed E-state index contributed by atoms with van der Waals surface area (Å²) in [4.78, 5) is 14.7. The van der Waals surface area contributed by atoms with Gasteiger partial charge >= 0.3 is 0 Å². The van der Waals surface area contributed by atoms with E-state index in [4.69, 9.17) is 22.1 Å². The molecule has 0 aliphatic carbocycles. The van der Waals surface area contributed by atoms with E-state index in [9.17, 15) is 10.1 Å². The van der Waals surface area contributed by atoms with Crippen LogP contribution in [-0.4, -0.2) is 64.4 Å². The average Bonchev–Trinajstić information content (AvgIpc) is 3.20. The van der Waals surface area contributed by atoms with Crippen molar-refractivity contribution in [3.63, 3.8) is 0 Å². The molecular weight excluding hydrogens is 426 g/mol. The summed E-state index contributed by atoms with van der Waals surface area (Å²) in [6.07, 6.45) is 0.298. The fourth-order valence-electron chi connectivity index (χ4n) is 5.02. The Labute approximate surface area is 193 Å². The van der Waals surface area contributed by atoms with Crippen molar-refractivity contribution in [1.82, 2.24) is 9.80 Å². The summed E-state index contributed by atoms with van der Waals surface area (Å²) in [6, 6.07) is 16.0. The molecule has 2 aliphatic heterocycles. The minimum Gasteiger partial charge on any atom is -0.375 e. The van der Waals surface area contributed by atoms with Crippen molar-refractivity contribution in [2.24, 2.45) is 5.73 Å². The van der Waals surface area contributed by atoms with Gasteiger partial charge in [0.2, 0.25) is 0 Å². The third-order valence-corrected chi connectivity index (χ3v) is 7.06. The SMILES string of the molecule is CO[C@@H]1C[C@@H](C(N)=O)[N+](CC#N)(c2cc(-c3ccc(N4CCNCC4)cc3)ccc2Cl)C1. The summed E-state index contributed by atoms with van der Waals surface area (Å²) < 4.78 is 5.65. The predicted octanol–water partition coefficient (Wildman–Crippen LogP) is 2.52. The Hall–Kier alpha value is -2.63. The van der Waals surface area contributed by atoms with Gasteiger partial charge in [-0.2, -0.15) is 5.26 Å². The normalized spacial score (nSPS) is 25.5. The minimum absolute atomic E-state index is 0.0931. The first-order chi connectivity index (χ1) is 15.5. The number of carbonyl (C=O) groups excluding carboxylic acids is 1. The molecule has 1 unspecified atom stereocenters. The summed E-state index contributed by atoms with van der Waals surface area (Å²) in [6.45, 7) is 4.54. The summed E-state index contributed by atoms with van der Waals surface area (Å²) in [7, 11) is 1.62. The number of methoxy groups -OCH3 is 1. The number of nitrogens with two attached hydrogens (primary N) is 1. The molecule has 2 saturated heterocycles. The van der Waals surface area contributed by atoms with Crippen molar-refractivity contribution in [3.8, 4) is 17.2 Å². The van der Waals surface area contributed by atoms with Gasteiger partial charge < -0.3 is 20.7 Å². The number of hydrogen-bond donors (Lipinski definition) is 2. The van der Waals surface area contributed by atoms with Gasteiger partial charge in [-0.25, -0.2) is 0 Å². The molecule has 0 radical (unpaired) electrons. The van der Waals surface area contributed by atoms with E-state index in [1.54, 1.807) is 7.11 Å². The standard InChI is InChI=1S/C24H28ClN5O2/c1-32-20-15-23(24(27)31)30(16-20,13-8-26)22-14-18(4-7-21(22)25)17-2-5-19(6-3-17)29-11-9-28-10-12-29/h2-7,14,20,23,28H,9-13,15-16H2,1H3,(H-,27,31)/p+1/t20-,23+,30?/m1/s1. The number of ether oxygens (including phenoxy) is 1. The number of quaternary nitrogens is 1. The van der Waals surface area contributed by atoms with Crippen molar-refractivity contribution < 1.29 is 9.53 Å². The molecule has 4 rings (SSSR count). The van der Waals surface area contributed by atoms with Gasteiger partial charge in [-0.1, -0.05) is 29.8 Å². The molecule has 32 heavy (non-hydrogen) atoms. The lowest BCUT2D eigenvalue weighted by Crippen LogP contribution is -2.58.